The highest BCUT2D eigenvalue weighted by Gasteiger charge is 2.15. The van der Waals surface area contributed by atoms with Crippen molar-refractivity contribution >= 4 is 5.69 Å². The molecule has 1 aromatic heterocycles. The number of rotatable bonds is 4. The maximum Gasteiger partial charge on any atom is 0.125 e. The molecular weight excluding hydrogens is 178 g/mol. The molecule has 78 valence electrons. The predicted molar refractivity (Wildman–Crippen MR) is 56.3 cm³/mol. The Kier molecular flexibility index (Phi) is 3.41. The van der Waals surface area contributed by atoms with Crippen LogP contribution in [0.4, 0.5) is 5.69 Å². The van der Waals surface area contributed by atoms with E-state index in [1.165, 1.54) is 0 Å². The van der Waals surface area contributed by atoms with Gasteiger partial charge < -0.3 is 10.1 Å². The smallest absolute Gasteiger partial charge is 0.125 e. The first-order chi connectivity index (χ1) is 6.53. The highest BCUT2D eigenvalue weighted by molar-refractivity contribution is 5.37. The molecule has 1 aromatic rings. The summed E-state index contributed by atoms with van der Waals surface area (Å²) in [6.45, 7) is 6.64. The predicted octanol–water partition coefficient (Wildman–Crippen LogP) is 1.62. The van der Waals surface area contributed by atoms with E-state index in [1.807, 2.05) is 20.8 Å². The van der Waals surface area contributed by atoms with Crippen LogP contribution in [-0.2, 0) is 4.74 Å². The Morgan fingerprint density at radius 1 is 1.36 bits per heavy atom. The molecule has 0 atom stereocenters. The molecule has 1 N–H and O–H groups in total. The summed E-state index contributed by atoms with van der Waals surface area (Å²) >= 11 is 0. The third-order valence-electron chi connectivity index (χ3n) is 2.05. The van der Waals surface area contributed by atoms with Gasteiger partial charge in [0.25, 0.3) is 0 Å². The van der Waals surface area contributed by atoms with E-state index < -0.39 is 0 Å². The Bertz CT molecular complexity index is 282. The topological polar surface area (TPSA) is 47.0 Å². The summed E-state index contributed by atoms with van der Waals surface area (Å²) in [5.74, 6) is 0.779. The van der Waals surface area contributed by atoms with Crippen LogP contribution in [0.25, 0.3) is 0 Å². The lowest BCUT2D eigenvalue weighted by molar-refractivity contribution is 0.0344. The van der Waals surface area contributed by atoms with Crippen molar-refractivity contribution in [3.63, 3.8) is 0 Å². The van der Waals surface area contributed by atoms with Crippen molar-refractivity contribution in [2.24, 2.45) is 0 Å². The molecule has 4 nitrogen and oxygen atoms in total. The zero-order valence-electron chi connectivity index (χ0n) is 9.16. The van der Waals surface area contributed by atoms with Crippen LogP contribution in [0, 0.1) is 6.92 Å². The van der Waals surface area contributed by atoms with Crippen LogP contribution < -0.4 is 5.32 Å². The second-order valence-electron chi connectivity index (χ2n) is 3.84. The van der Waals surface area contributed by atoms with Gasteiger partial charge in [-0.2, -0.15) is 0 Å². The molecular formula is C10H17N3O. The largest absolute Gasteiger partial charge is 0.380 e. The van der Waals surface area contributed by atoms with Crippen molar-refractivity contribution < 1.29 is 4.74 Å². The zero-order chi connectivity index (χ0) is 10.6. The third-order valence-corrected chi connectivity index (χ3v) is 2.05. The number of hydrogen-bond donors (Lipinski definition) is 1. The fourth-order valence-corrected chi connectivity index (χ4v) is 0.871. The van der Waals surface area contributed by atoms with Gasteiger partial charge in [-0.1, -0.05) is 0 Å². The molecule has 14 heavy (non-hydrogen) atoms. The Balaban J connectivity index is 2.50. The van der Waals surface area contributed by atoms with Crippen LogP contribution in [0.5, 0.6) is 0 Å². The van der Waals surface area contributed by atoms with Gasteiger partial charge in [0.05, 0.1) is 23.7 Å². The van der Waals surface area contributed by atoms with Crippen LogP contribution >= 0.6 is 0 Å². The van der Waals surface area contributed by atoms with Gasteiger partial charge in [0, 0.05) is 13.7 Å². The van der Waals surface area contributed by atoms with Gasteiger partial charge in [-0.25, -0.2) is 9.97 Å². The molecule has 0 aromatic carbocycles. The van der Waals surface area contributed by atoms with Crippen LogP contribution in [-0.4, -0.2) is 29.2 Å². The standard InChI is InChI=1S/C10H17N3O/c1-8-11-5-9(6-12-8)13-7-10(2,3)14-4/h5-6,13H,7H2,1-4H3. The summed E-state index contributed by atoms with van der Waals surface area (Å²) in [6, 6.07) is 0. The number of ether oxygens (including phenoxy) is 1. The summed E-state index contributed by atoms with van der Waals surface area (Å²) in [7, 11) is 1.70. The van der Waals surface area contributed by atoms with Crippen molar-refractivity contribution in [3.8, 4) is 0 Å². The molecule has 0 unspecified atom stereocenters. The molecule has 4 heteroatoms. The van der Waals surface area contributed by atoms with Gasteiger partial charge in [-0.15, -0.1) is 0 Å². The van der Waals surface area contributed by atoms with Crippen LogP contribution in [0.2, 0.25) is 0 Å². The van der Waals surface area contributed by atoms with Crippen LogP contribution in [0.15, 0.2) is 12.4 Å². The number of nitrogens with one attached hydrogen (secondary N) is 1. The molecule has 1 rings (SSSR count). The van der Waals surface area contributed by atoms with Crippen molar-refractivity contribution in [1.29, 1.82) is 0 Å². The Labute approximate surface area is 84.7 Å². The zero-order valence-corrected chi connectivity index (χ0v) is 9.16. The van der Waals surface area contributed by atoms with Crippen molar-refractivity contribution in [1.82, 2.24) is 9.97 Å². The van der Waals surface area contributed by atoms with Gasteiger partial charge in [-0.3, -0.25) is 0 Å². The molecule has 0 saturated carbocycles. The molecule has 0 saturated heterocycles. The molecule has 0 radical (unpaired) electrons. The fraction of sp³-hybridized carbons (Fsp3) is 0.600. The average Bonchev–Trinajstić information content (AvgIpc) is 2.17. The van der Waals surface area contributed by atoms with Gasteiger partial charge in [0.1, 0.15) is 5.82 Å². The van der Waals surface area contributed by atoms with Gasteiger partial charge in [0.15, 0.2) is 0 Å². The first-order valence-corrected chi connectivity index (χ1v) is 4.61. The van der Waals surface area contributed by atoms with Gasteiger partial charge in [-0.05, 0) is 20.8 Å². The van der Waals surface area contributed by atoms with Gasteiger partial charge in [0.2, 0.25) is 0 Å². The van der Waals surface area contributed by atoms with E-state index in [0.717, 1.165) is 18.1 Å². The molecule has 0 fully saturated rings. The Morgan fingerprint density at radius 3 is 2.43 bits per heavy atom. The lowest BCUT2D eigenvalue weighted by Crippen LogP contribution is -2.32. The Morgan fingerprint density at radius 2 is 1.93 bits per heavy atom. The SMILES string of the molecule is COC(C)(C)CNc1cnc(C)nc1. The van der Waals surface area contributed by atoms with Crippen molar-refractivity contribution in [2.75, 3.05) is 19.0 Å². The minimum absolute atomic E-state index is 0.176. The maximum absolute atomic E-state index is 5.28. The van der Waals surface area contributed by atoms with E-state index in [9.17, 15) is 0 Å². The number of aryl methyl sites for hydroxylation is 1. The average molecular weight is 195 g/mol. The number of methoxy groups -OCH3 is 1. The van der Waals surface area contributed by atoms with Crippen LogP contribution in [0.1, 0.15) is 19.7 Å². The lowest BCUT2D eigenvalue weighted by Gasteiger charge is -2.23. The number of aromatic nitrogens is 2. The number of anilines is 1. The molecule has 0 bridgehead atoms. The summed E-state index contributed by atoms with van der Waals surface area (Å²) in [4.78, 5) is 8.18. The van der Waals surface area contributed by atoms with E-state index in [-0.39, 0.29) is 5.60 Å². The monoisotopic (exact) mass is 195 g/mol. The molecule has 0 amide bonds. The first kappa shape index (κ1) is 10.9. The molecule has 0 aliphatic heterocycles. The first-order valence-electron chi connectivity index (χ1n) is 4.61. The maximum atomic E-state index is 5.28. The summed E-state index contributed by atoms with van der Waals surface area (Å²) in [5.41, 5.74) is 0.742. The minimum Gasteiger partial charge on any atom is -0.380 e. The van der Waals surface area contributed by atoms with Crippen molar-refractivity contribution in [2.45, 2.75) is 26.4 Å². The second kappa shape index (κ2) is 4.37. The minimum atomic E-state index is -0.176. The molecule has 1 heterocycles. The van der Waals surface area contributed by atoms with Gasteiger partial charge >= 0.3 is 0 Å². The normalized spacial score (nSPS) is 11.4. The van der Waals surface area contributed by atoms with E-state index in [2.05, 4.69) is 15.3 Å². The number of nitrogens with zero attached hydrogens (tertiary/aromatic N) is 2. The van der Waals surface area contributed by atoms with E-state index in [1.54, 1.807) is 19.5 Å². The highest BCUT2D eigenvalue weighted by atomic mass is 16.5. The second-order valence-corrected chi connectivity index (χ2v) is 3.84. The quantitative estimate of drug-likeness (QED) is 0.793. The van der Waals surface area contributed by atoms with Crippen molar-refractivity contribution in [3.05, 3.63) is 18.2 Å². The van der Waals surface area contributed by atoms with E-state index >= 15 is 0 Å². The summed E-state index contributed by atoms with van der Waals surface area (Å²) in [6.07, 6.45) is 3.54. The fourth-order valence-electron chi connectivity index (χ4n) is 0.871. The molecule has 0 aliphatic carbocycles. The van der Waals surface area contributed by atoms with Crippen LogP contribution in [0.3, 0.4) is 0 Å². The highest BCUT2D eigenvalue weighted by Crippen LogP contribution is 2.09. The van der Waals surface area contributed by atoms with E-state index in [4.69, 9.17) is 4.74 Å². The lowest BCUT2D eigenvalue weighted by atomic mass is 10.1. The third kappa shape index (κ3) is 3.30. The molecule has 0 spiro atoms. The summed E-state index contributed by atoms with van der Waals surface area (Å²) < 4.78 is 5.28. The molecule has 0 aliphatic rings. The van der Waals surface area contributed by atoms with E-state index in [0.29, 0.717) is 0 Å². The number of hydrogen-bond acceptors (Lipinski definition) is 4. The Hall–Kier alpha value is -1.16. The summed E-state index contributed by atoms with van der Waals surface area (Å²) in [5, 5.41) is 3.21.